The van der Waals surface area contributed by atoms with Gasteiger partial charge in [0.2, 0.25) is 10.0 Å². The van der Waals surface area contributed by atoms with E-state index in [1.54, 1.807) is 18.2 Å². The number of aliphatic hydroxyl groups is 1. The van der Waals surface area contributed by atoms with Crippen molar-refractivity contribution in [3.05, 3.63) is 42.5 Å². The molecule has 1 atom stereocenters. The summed E-state index contributed by atoms with van der Waals surface area (Å²) in [7, 11) is -3.89. The molecule has 0 radical (unpaired) electrons. The molecule has 2 aromatic carbocycles. The second kappa shape index (κ2) is 5.44. The maximum atomic E-state index is 12.1. The molecule has 0 aliphatic rings. The fourth-order valence-electron chi connectivity index (χ4n) is 1.73. The molecule has 0 aromatic heterocycles. The smallest absolute Gasteiger partial charge is 0.336 e. The molecule has 7 heteroatoms. The van der Waals surface area contributed by atoms with Crippen LogP contribution in [0.5, 0.6) is 0 Å². The zero-order valence-electron chi connectivity index (χ0n) is 11.3. The Morgan fingerprint density at radius 1 is 1.19 bits per heavy atom. The van der Waals surface area contributed by atoms with Gasteiger partial charge < -0.3 is 10.2 Å². The maximum absolute atomic E-state index is 12.1. The molecule has 112 valence electrons. The lowest BCUT2D eigenvalue weighted by molar-refractivity contribution is -0.155. The molecule has 6 nitrogen and oxygen atoms in total. The van der Waals surface area contributed by atoms with Gasteiger partial charge in [-0.25, -0.2) is 17.9 Å². The minimum atomic E-state index is -3.89. The molecule has 0 saturated heterocycles. The average Bonchev–Trinajstić information content (AvgIpc) is 2.45. The number of carbonyl (C=O) groups is 1. The van der Waals surface area contributed by atoms with Gasteiger partial charge in [-0.1, -0.05) is 30.3 Å². The third-order valence-electron chi connectivity index (χ3n) is 3.10. The SMILES string of the molecule is CC(O)(CNS(=O)(=O)c1ccc2ccccc2c1)C(=O)O. The molecule has 0 heterocycles. The first-order valence-electron chi connectivity index (χ1n) is 6.17. The van der Waals surface area contributed by atoms with Crippen LogP contribution in [0, 0.1) is 0 Å². The van der Waals surface area contributed by atoms with E-state index >= 15 is 0 Å². The van der Waals surface area contributed by atoms with Crippen molar-refractivity contribution < 1.29 is 23.4 Å². The molecule has 2 aromatic rings. The standard InChI is InChI=1S/C14H15NO5S/c1-14(18,13(16)17)9-15-21(19,20)12-7-6-10-4-2-3-5-11(10)8-12/h2-8,15,18H,9H2,1H3,(H,16,17). The topological polar surface area (TPSA) is 104 Å². The number of carboxylic acid groups (broad SMARTS) is 1. The van der Waals surface area contributed by atoms with E-state index in [1.807, 2.05) is 12.1 Å². The van der Waals surface area contributed by atoms with Crippen molar-refractivity contribution in [1.29, 1.82) is 0 Å². The van der Waals surface area contributed by atoms with Gasteiger partial charge in [-0.05, 0) is 29.8 Å². The molecule has 2 rings (SSSR count). The predicted octanol–water partition coefficient (Wildman–Crippen LogP) is 0.954. The largest absolute Gasteiger partial charge is 0.479 e. The number of rotatable bonds is 5. The lowest BCUT2D eigenvalue weighted by atomic mass is 10.1. The Labute approximate surface area is 122 Å². The minimum Gasteiger partial charge on any atom is -0.479 e. The molecular weight excluding hydrogens is 294 g/mol. The van der Waals surface area contributed by atoms with E-state index in [0.29, 0.717) is 0 Å². The van der Waals surface area contributed by atoms with Gasteiger partial charge in [-0.2, -0.15) is 0 Å². The molecule has 0 fully saturated rings. The summed E-state index contributed by atoms with van der Waals surface area (Å²) in [6.07, 6.45) is 0. The minimum absolute atomic E-state index is 0.0161. The fraction of sp³-hybridized carbons (Fsp3) is 0.214. The Kier molecular flexibility index (Phi) is 3.99. The summed E-state index contributed by atoms with van der Waals surface area (Å²) >= 11 is 0. The number of aliphatic carboxylic acids is 1. The zero-order chi connectivity index (χ0) is 15.7. The van der Waals surface area contributed by atoms with E-state index in [-0.39, 0.29) is 4.90 Å². The zero-order valence-corrected chi connectivity index (χ0v) is 12.1. The van der Waals surface area contributed by atoms with Crippen LogP contribution in [0.3, 0.4) is 0 Å². The molecule has 1 unspecified atom stereocenters. The lowest BCUT2D eigenvalue weighted by Crippen LogP contribution is -2.46. The van der Waals surface area contributed by atoms with Crippen molar-refractivity contribution in [2.45, 2.75) is 17.4 Å². The van der Waals surface area contributed by atoms with Crippen molar-refractivity contribution in [3.8, 4) is 0 Å². The van der Waals surface area contributed by atoms with E-state index < -0.39 is 28.1 Å². The highest BCUT2D eigenvalue weighted by Gasteiger charge is 2.31. The number of fused-ring (bicyclic) bond motifs is 1. The molecule has 0 aliphatic heterocycles. The lowest BCUT2D eigenvalue weighted by Gasteiger charge is -2.18. The van der Waals surface area contributed by atoms with Crippen LogP contribution in [0.1, 0.15) is 6.92 Å². The van der Waals surface area contributed by atoms with Crippen LogP contribution in [0.25, 0.3) is 10.8 Å². The van der Waals surface area contributed by atoms with Crippen molar-refractivity contribution in [2.75, 3.05) is 6.54 Å². The molecule has 0 spiro atoms. The molecule has 0 bridgehead atoms. The number of nitrogens with one attached hydrogen (secondary N) is 1. The first-order chi connectivity index (χ1) is 9.72. The summed E-state index contributed by atoms with van der Waals surface area (Å²) in [5.74, 6) is -1.50. The molecular formula is C14H15NO5S. The molecule has 0 aliphatic carbocycles. The van der Waals surface area contributed by atoms with Crippen LogP contribution in [0.2, 0.25) is 0 Å². The highest BCUT2D eigenvalue weighted by Crippen LogP contribution is 2.19. The van der Waals surface area contributed by atoms with E-state index in [0.717, 1.165) is 17.7 Å². The Hall–Kier alpha value is -1.96. The van der Waals surface area contributed by atoms with Crippen molar-refractivity contribution in [3.63, 3.8) is 0 Å². The van der Waals surface area contributed by atoms with Crippen LogP contribution < -0.4 is 4.72 Å². The van der Waals surface area contributed by atoms with Gasteiger partial charge >= 0.3 is 5.97 Å². The highest BCUT2D eigenvalue weighted by molar-refractivity contribution is 7.89. The second-order valence-corrected chi connectivity index (χ2v) is 6.68. The average molecular weight is 309 g/mol. The van der Waals surface area contributed by atoms with E-state index in [1.165, 1.54) is 12.1 Å². The molecule has 3 N–H and O–H groups in total. The van der Waals surface area contributed by atoms with Gasteiger partial charge in [0, 0.05) is 0 Å². The number of hydrogen-bond acceptors (Lipinski definition) is 4. The van der Waals surface area contributed by atoms with Gasteiger partial charge in [0.25, 0.3) is 0 Å². The second-order valence-electron chi connectivity index (χ2n) is 4.91. The Bertz CT molecular complexity index is 783. The van der Waals surface area contributed by atoms with Crippen molar-refractivity contribution >= 4 is 26.8 Å². The van der Waals surface area contributed by atoms with Crippen molar-refractivity contribution in [1.82, 2.24) is 4.72 Å². The van der Waals surface area contributed by atoms with E-state index in [9.17, 15) is 18.3 Å². The first-order valence-corrected chi connectivity index (χ1v) is 7.65. The van der Waals surface area contributed by atoms with Crippen LogP contribution in [-0.4, -0.2) is 36.7 Å². The normalized spacial score (nSPS) is 14.8. The summed E-state index contributed by atoms with van der Waals surface area (Å²) in [5.41, 5.74) is -2.16. The van der Waals surface area contributed by atoms with Crippen LogP contribution in [0.15, 0.2) is 47.4 Å². The van der Waals surface area contributed by atoms with E-state index in [2.05, 4.69) is 4.72 Å². The molecule has 0 saturated carbocycles. The summed E-state index contributed by atoms with van der Waals surface area (Å²) in [6.45, 7) is 0.412. The van der Waals surface area contributed by atoms with Crippen LogP contribution >= 0.6 is 0 Å². The Morgan fingerprint density at radius 3 is 2.43 bits per heavy atom. The van der Waals surface area contributed by atoms with Crippen molar-refractivity contribution in [2.24, 2.45) is 0 Å². The summed E-state index contributed by atoms with van der Waals surface area (Å²) in [6, 6.07) is 11.9. The molecule has 21 heavy (non-hydrogen) atoms. The van der Waals surface area contributed by atoms with Gasteiger partial charge in [0.1, 0.15) is 0 Å². The van der Waals surface area contributed by atoms with Gasteiger partial charge in [0.05, 0.1) is 11.4 Å². The highest BCUT2D eigenvalue weighted by atomic mass is 32.2. The number of carboxylic acids is 1. The van der Waals surface area contributed by atoms with Gasteiger partial charge in [-0.3, -0.25) is 0 Å². The van der Waals surface area contributed by atoms with E-state index in [4.69, 9.17) is 5.11 Å². The Balaban J connectivity index is 2.27. The first kappa shape index (κ1) is 15.4. The third kappa shape index (κ3) is 3.38. The third-order valence-corrected chi connectivity index (χ3v) is 4.50. The summed E-state index contributed by atoms with van der Waals surface area (Å²) in [5, 5.41) is 20.0. The predicted molar refractivity (Wildman–Crippen MR) is 77.4 cm³/mol. The maximum Gasteiger partial charge on any atom is 0.336 e. The number of hydrogen-bond donors (Lipinski definition) is 3. The summed E-state index contributed by atoms with van der Waals surface area (Å²) in [4.78, 5) is 10.8. The molecule has 0 amide bonds. The monoisotopic (exact) mass is 309 g/mol. The van der Waals surface area contributed by atoms with Crippen LogP contribution in [-0.2, 0) is 14.8 Å². The quantitative estimate of drug-likeness (QED) is 0.763. The fourth-order valence-corrected chi connectivity index (χ4v) is 2.90. The van der Waals surface area contributed by atoms with Gasteiger partial charge in [-0.15, -0.1) is 0 Å². The van der Waals surface area contributed by atoms with Gasteiger partial charge in [0.15, 0.2) is 5.60 Å². The number of sulfonamides is 1. The summed E-state index contributed by atoms with van der Waals surface area (Å²) < 4.78 is 26.4. The van der Waals surface area contributed by atoms with Crippen LogP contribution in [0.4, 0.5) is 0 Å². The number of benzene rings is 2. The Morgan fingerprint density at radius 2 is 1.81 bits per heavy atom.